The van der Waals surface area contributed by atoms with Crippen molar-refractivity contribution in [2.24, 2.45) is 0 Å². The number of nitrogens with one attached hydrogen (secondary N) is 3. The van der Waals surface area contributed by atoms with Crippen LogP contribution in [-0.2, 0) is 13.0 Å². The molecule has 2 heterocycles. The molecule has 1 aromatic carbocycles. The van der Waals surface area contributed by atoms with Gasteiger partial charge in [0, 0.05) is 13.6 Å². The van der Waals surface area contributed by atoms with E-state index in [4.69, 9.17) is 0 Å². The molecule has 3 N–H and O–H groups in total. The van der Waals surface area contributed by atoms with Crippen LogP contribution in [0.25, 0.3) is 11.0 Å². The fraction of sp³-hybridized carbons (Fsp3) is 0.267. The van der Waals surface area contributed by atoms with Crippen LogP contribution in [0.4, 0.5) is 11.8 Å². The quantitative estimate of drug-likeness (QED) is 0.670. The lowest BCUT2D eigenvalue weighted by Crippen LogP contribution is -2.05. The van der Waals surface area contributed by atoms with E-state index in [9.17, 15) is 0 Å². The van der Waals surface area contributed by atoms with E-state index in [2.05, 4.69) is 62.0 Å². The molecule has 3 rings (SSSR count). The summed E-state index contributed by atoms with van der Waals surface area (Å²) in [5, 5.41) is 14.1. The molecular weight excluding hydrogens is 264 g/mol. The number of H-pyrrole nitrogens is 1. The third-order valence-corrected chi connectivity index (χ3v) is 3.42. The van der Waals surface area contributed by atoms with Crippen molar-refractivity contribution in [2.45, 2.75) is 19.9 Å². The molecule has 2 aromatic heterocycles. The topological polar surface area (TPSA) is 78.5 Å². The van der Waals surface area contributed by atoms with Gasteiger partial charge in [-0.25, -0.2) is 0 Å². The SMILES string of the molecule is CCc1ccc(CNc2nc(NC)nc3[nH]ncc23)cc1. The minimum Gasteiger partial charge on any atom is -0.365 e. The standard InChI is InChI=1S/C15H18N6/c1-3-10-4-6-11(7-5-10)8-17-13-12-9-18-21-14(12)20-15(16-2)19-13/h4-7,9H,3,8H2,1-2H3,(H3,16,17,18,19,20,21). The maximum Gasteiger partial charge on any atom is 0.226 e. The first-order valence-electron chi connectivity index (χ1n) is 7.00. The van der Waals surface area contributed by atoms with Crippen molar-refractivity contribution in [1.82, 2.24) is 20.2 Å². The number of aromatic nitrogens is 4. The minimum atomic E-state index is 0.565. The summed E-state index contributed by atoms with van der Waals surface area (Å²) in [5.41, 5.74) is 3.28. The molecule has 0 aliphatic rings. The molecule has 0 saturated heterocycles. The van der Waals surface area contributed by atoms with E-state index in [1.165, 1.54) is 11.1 Å². The van der Waals surface area contributed by atoms with Crippen LogP contribution in [0.1, 0.15) is 18.1 Å². The zero-order valence-corrected chi connectivity index (χ0v) is 12.1. The average molecular weight is 282 g/mol. The summed E-state index contributed by atoms with van der Waals surface area (Å²) in [4.78, 5) is 8.76. The van der Waals surface area contributed by atoms with E-state index in [0.29, 0.717) is 12.5 Å². The Bertz CT molecular complexity index is 732. The zero-order valence-electron chi connectivity index (χ0n) is 12.1. The first kappa shape index (κ1) is 13.4. The highest BCUT2D eigenvalue weighted by atomic mass is 15.2. The molecule has 0 aliphatic heterocycles. The van der Waals surface area contributed by atoms with Gasteiger partial charge in [-0.15, -0.1) is 0 Å². The van der Waals surface area contributed by atoms with Crippen LogP contribution in [0.2, 0.25) is 0 Å². The predicted octanol–water partition coefficient (Wildman–Crippen LogP) is 2.57. The van der Waals surface area contributed by atoms with Crippen molar-refractivity contribution in [1.29, 1.82) is 0 Å². The Morgan fingerprint density at radius 3 is 2.57 bits per heavy atom. The molecule has 0 radical (unpaired) electrons. The molecule has 0 spiro atoms. The van der Waals surface area contributed by atoms with Gasteiger partial charge in [-0.3, -0.25) is 5.10 Å². The van der Waals surface area contributed by atoms with Crippen LogP contribution in [0.3, 0.4) is 0 Å². The molecule has 21 heavy (non-hydrogen) atoms. The van der Waals surface area contributed by atoms with Crippen molar-refractivity contribution < 1.29 is 0 Å². The highest BCUT2D eigenvalue weighted by Crippen LogP contribution is 2.20. The number of aromatic amines is 1. The summed E-state index contributed by atoms with van der Waals surface area (Å²) in [7, 11) is 1.80. The Labute approximate surface area is 123 Å². The van der Waals surface area contributed by atoms with Gasteiger partial charge in [0.1, 0.15) is 5.82 Å². The molecular formula is C15H18N6. The van der Waals surface area contributed by atoms with Crippen molar-refractivity contribution in [3.8, 4) is 0 Å². The van der Waals surface area contributed by atoms with Crippen LogP contribution in [0.5, 0.6) is 0 Å². The first-order valence-corrected chi connectivity index (χ1v) is 7.00. The van der Waals surface area contributed by atoms with Gasteiger partial charge >= 0.3 is 0 Å². The van der Waals surface area contributed by atoms with E-state index in [1.807, 2.05) is 0 Å². The molecule has 108 valence electrons. The van der Waals surface area contributed by atoms with Gasteiger partial charge in [0.15, 0.2) is 5.65 Å². The maximum absolute atomic E-state index is 4.45. The first-order chi connectivity index (χ1) is 10.3. The van der Waals surface area contributed by atoms with Gasteiger partial charge in [-0.1, -0.05) is 31.2 Å². The van der Waals surface area contributed by atoms with Crippen molar-refractivity contribution in [3.63, 3.8) is 0 Å². The van der Waals surface area contributed by atoms with E-state index in [1.54, 1.807) is 13.2 Å². The Hall–Kier alpha value is -2.63. The van der Waals surface area contributed by atoms with Gasteiger partial charge in [0.2, 0.25) is 5.95 Å². The molecule has 3 aromatic rings. The normalized spacial score (nSPS) is 10.8. The fourth-order valence-electron chi connectivity index (χ4n) is 2.16. The lowest BCUT2D eigenvalue weighted by Gasteiger charge is -2.08. The monoisotopic (exact) mass is 282 g/mol. The Kier molecular flexibility index (Phi) is 3.68. The number of hydrogen-bond donors (Lipinski definition) is 3. The molecule has 0 atom stereocenters. The van der Waals surface area contributed by atoms with E-state index >= 15 is 0 Å². The largest absolute Gasteiger partial charge is 0.365 e. The molecule has 6 nitrogen and oxygen atoms in total. The number of hydrogen-bond acceptors (Lipinski definition) is 5. The van der Waals surface area contributed by atoms with Gasteiger partial charge < -0.3 is 10.6 Å². The second-order valence-corrected chi connectivity index (χ2v) is 4.80. The Morgan fingerprint density at radius 1 is 1.10 bits per heavy atom. The van der Waals surface area contributed by atoms with Crippen LogP contribution in [-0.4, -0.2) is 27.2 Å². The summed E-state index contributed by atoms with van der Waals surface area (Å²) in [5.74, 6) is 1.34. The van der Waals surface area contributed by atoms with Gasteiger partial charge in [-0.05, 0) is 17.5 Å². The molecule has 0 saturated carbocycles. The van der Waals surface area contributed by atoms with Crippen molar-refractivity contribution in [2.75, 3.05) is 17.7 Å². The average Bonchev–Trinajstić information content (AvgIpc) is 3.01. The maximum atomic E-state index is 4.45. The highest BCUT2D eigenvalue weighted by molar-refractivity contribution is 5.86. The second-order valence-electron chi connectivity index (χ2n) is 4.80. The smallest absolute Gasteiger partial charge is 0.226 e. The summed E-state index contributed by atoms with van der Waals surface area (Å²) in [6, 6.07) is 8.59. The number of benzene rings is 1. The van der Waals surface area contributed by atoms with Gasteiger partial charge in [0.05, 0.1) is 11.6 Å². The lowest BCUT2D eigenvalue weighted by atomic mass is 10.1. The molecule has 0 aliphatic carbocycles. The summed E-state index contributed by atoms with van der Waals surface area (Å²) >= 11 is 0. The van der Waals surface area contributed by atoms with Crippen molar-refractivity contribution in [3.05, 3.63) is 41.6 Å². The molecule has 0 amide bonds. The van der Waals surface area contributed by atoms with Crippen LogP contribution >= 0.6 is 0 Å². The molecule has 0 bridgehead atoms. The number of aryl methyl sites for hydroxylation is 1. The van der Waals surface area contributed by atoms with Crippen LogP contribution < -0.4 is 10.6 Å². The van der Waals surface area contributed by atoms with Gasteiger partial charge in [0.25, 0.3) is 0 Å². The number of fused-ring (bicyclic) bond motifs is 1. The molecule has 0 unspecified atom stereocenters. The van der Waals surface area contributed by atoms with E-state index in [0.717, 1.165) is 23.3 Å². The Balaban J connectivity index is 1.81. The van der Waals surface area contributed by atoms with Gasteiger partial charge in [-0.2, -0.15) is 15.1 Å². The van der Waals surface area contributed by atoms with Crippen molar-refractivity contribution >= 4 is 22.8 Å². The molecule has 6 heteroatoms. The Morgan fingerprint density at radius 2 is 1.86 bits per heavy atom. The summed E-state index contributed by atoms with van der Waals surface area (Å²) in [6.45, 7) is 2.87. The van der Waals surface area contributed by atoms with E-state index < -0.39 is 0 Å². The summed E-state index contributed by atoms with van der Waals surface area (Å²) < 4.78 is 0. The number of anilines is 2. The van der Waals surface area contributed by atoms with Crippen LogP contribution in [0.15, 0.2) is 30.5 Å². The third kappa shape index (κ3) is 2.79. The highest BCUT2D eigenvalue weighted by Gasteiger charge is 2.08. The van der Waals surface area contributed by atoms with E-state index in [-0.39, 0.29) is 0 Å². The number of nitrogens with zero attached hydrogens (tertiary/aromatic N) is 3. The van der Waals surface area contributed by atoms with Crippen LogP contribution in [0, 0.1) is 0 Å². The summed E-state index contributed by atoms with van der Waals surface area (Å²) in [6.07, 6.45) is 2.79. The number of rotatable bonds is 5. The zero-order chi connectivity index (χ0) is 14.7. The third-order valence-electron chi connectivity index (χ3n) is 3.42. The predicted molar refractivity (Wildman–Crippen MR) is 84.4 cm³/mol. The second kappa shape index (κ2) is 5.78. The molecule has 0 fully saturated rings. The minimum absolute atomic E-state index is 0.565. The fourth-order valence-corrected chi connectivity index (χ4v) is 2.16. The lowest BCUT2D eigenvalue weighted by molar-refractivity contribution is 1.07.